The standard InChI is InChI=1S/C20H22N2O2/c1-3-15-8-10-17(11-9-15)21-20(24)12-16-13-22(14(2)23)19-7-5-4-6-18(16)19/h4-11,16H,3,12-13H2,1-2H3,(H,21,24). The molecule has 1 N–H and O–H groups in total. The third-order valence-electron chi connectivity index (χ3n) is 4.53. The zero-order valence-corrected chi connectivity index (χ0v) is 14.1. The number of fused-ring (bicyclic) bond motifs is 1. The molecule has 3 rings (SSSR count). The van der Waals surface area contributed by atoms with Gasteiger partial charge in [-0.05, 0) is 35.7 Å². The summed E-state index contributed by atoms with van der Waals surface area (Å²) in [6.45, 7) is 4.23. The fraction of sp³-hybridized carbons (Fsp3) is 0.300. The summed E-state index contributed by atoms with van der Waals surface area (Å²) in [6, 6.07) is 15.7. The van der Waals surface area contributed by atoms with Gasteiger partial charge >= 0.3 is 0 Å². The average molecular weight is 322 g/mol. The van der Waals surface area contributed by atoms with Crippen LogP contribution < -0.4 is 10.2 Å². The molecule has 4 heteroatoms. The van der Waals surface area contributed by atoms with Gasteiger partial charge in [-0.3, -0.25) is 9.59 Å². The van der Waals surface area contributed by atoms with Gasteiger partial charge in [0.1, 0.15) is 0 Å². The predicted octanol–water partition coefficient (Wildman–Crippen LogP) is 3.73. The minimum Gasteiger partial charge on any atom is -0.326 e. The molecular weight excluding hydrogens is 300 g/mol. The molecule has 0 aliphatic carbocycles. The predicted molar refractivity (Wildman–Crippen MR) is 96.3 cm³/mol. The summed E-state index contributed by atoms with van der Waals surface area (Å²) < 4.78 is 0. The van der Waals surface area contributed by atoms with Crippen molar-refractivity contribution >= 4 is 23.2 Å². The Labute approximate surface area is 142 Å². The van der Waals surface area contributed by atoms with Gasteiger partial charge in [-0.2, -0.15) is 0 Å². The summed E-state index contributed by atoms with van der Waals surface area (Å²) in [5, 5.41) is 2.95. The molecule has 0 radical (unpaired) electrons. The minimum absolute atomic E-state index is 0.0144. The van der Waals surface area contributed by atoms with Crippen molar-refractivity contribution in [2.45, 2.75) is 32.6 Å². The van der Waals surface area contributed by atoms with E-state index in [0.717, 1.165) is 23.4 Å². The smallest absolute Gasteiger partial charge is 0.225 e. The molecule has 1 atom stereocenters. The Hall–Kier alpha value is -2.62. The maximum absolute atomic E-state index is 12.4. The van der Waals surface area contributed by atoms with E-state index in [4.69, 9.17) is 0 Å². The first-order chi connectivity index (χ1) is 11.6. The summed E-state index contributed by atoms with van der Waals surface area (Å²) in [6.07, 6.45) is 1.35. The molecule has 0 aromatic heterocycles. The van der Waals surface area contributed by atoms with Crippen LogP contribution in [0.5, 0.6) is 0 Å². The maximum atomic E-state index is 12.4. The number of nitrogens with one attached hydrogen (secondary N) is 1. The number of amides is 2. The molecule has 4 nitrogen and oxygen atoms in total. The Balaban J connectivity index is 1.69. The van der Waals surface area contributed by atoms with E-state index in [1.165, 1.54) is 5.56 Å². The number of anilines is 2. The highest BCUT2D eigenvalue weighted by atomic mass is 16.2. The molecule has 2 aromatic carbocycles. The first-order valence-electron chi connectivity index (χ1n) is 8.34. The van der Waals surface area contributed by atoms with Gasteiger partial charge in [0.15, 0.2) is 0 Å². The van der Waals surface area contributed by atoms with E-state index in [1.54, 1.807) is 11.8 Å². The highest BCUT2D eigenvalue weighted by molar-refractivity contribution is 5.96. The van der Waals surface area contributed by atoms with Crippen molar-refractivity contribution in [1.29, 1.82) is 0 Å². The zero-order valence-electron chi connectivity index (χ0n) is 14.1. The SMILES string of the molecule is CCc1ccc(NC(=O)CC2CN(C(C)=O)c3ccccc32)cc1. The number of hydrogen-bond donors (Lipinski definition) is 1. The summed E-state index contributed by atoms with van der Waals surface area (Å²) in [7, 11) is 0. The highest BCUT2D eigenvalue weighted by Crippen LogP contribution is 2.38. The van der Waals surface area contributed by atoms with Crippen LogP contribution in [-0.2, 0) is 16.0 Å². The molecule has 1 aliphatic rings. The molecule has 24 heavy (non-hydrogen) atoms. The second kappa shape index (κ2) is 6.87. The van der Waals surface area contributed by atoms with Crippen molar-refractivity contribution in [3.63, 3.8) is 0 Å². The lowest BCUT2D eigenvalue weighted by molar-refractivity contribution is -0.118. The second-order valence-corrected chi connectivity index (χ2v) is 6.19. The van der Waals surface area contributed by atoms with Crippen molar-refractivity contribution in [1.82, 2.24) is 0 Å². The molecule has 0 saturated heterocycles. The molecule has 0 bridgehead atoms. The number of carbonyl (C=O) groups excluding carboxylic acids is 2. The third-order valence-corrected chi connectivity index (χ3v) is 4.53. The van der Waals surface area contributed by atoms with E-state index in [0.29, 0.717) is 13.0 Å². The van der Waals surface area contributed by atoms with E-state index < -0.39 is 0 Å². The first-order valence-corrected chi connectivity index (χ1v) is 8.34. The first kappa shape index (κ1) is 16.2. The number of benzene rings is 2. The monoisotopic (exact) mass is 322 g/mol. The van der Waals surface area contributed by atoms with Crippen LogP contribution in [0.25, 0.3) is 0 Å². The van der Waals surface area contributed by atoms with Crippen molar-refractivity contribution in [2.24, 2.45) is 0 Å². The van der Waals surface area contributed by atoms with Crippen LogP contribution in [0.3, 0.4) is 0 Å². The van der Waals surface area contributed by atoms with Crippen LogP contribution in [0.2, 0.25) is 0 Å². The van der Waals surface area contributed by atoms with Gasteiger partial charge in [-0.25, -0.2) is 0 Å². The van der Waals surface area contributed by atoms with Gasteiger partial charge in [0.2, 0.25) is 11.8 Å². The highest BCUT2D eigenvalue weighted by Gasteiger charge is 2.31. The number of carbonyl (C=O) groups is 2. The molecule has 2 amide bonds. The Morgan fingerprint density at radius 1 is 1.12 bits per heavy atom. The number of aryl methyl sites for hydroxylation is 1. The van der Waals surface area contributed by atoms with E-state index in [1.807, 2.05) is 48.5 Å². The third kappa shape index (κ3) is 3.32. The molecule has 2 aromatic rings. The number of nitrogens with zero attached hydrogens (tertiary/aromatic N) is 1. The van der Waals surface area contributed by atoms with Crippen LogP contribution >= 0.6 is 0 Å². The quantitative estimate of drug-likeness (QED) is 0.932. The minimum atomic E-state index is -0.0237. The van der Waals surface area contributed by atoms with Crippen LogP contribution in [0, 0.1) is 0 Å². The Bertz CT molecular complexity index is 752. The van der Waals surface area contributed by atoms with Crippen LogP contribution in [0.15, 0.2) is 48.5 Å². The lowest BCUT2D eigenvalue weighted by Gasteiger charge is -2.15. The molecule has 0 saturated carbocycles. The fourth-order valence-electron chi connectivity index (χ4n) is 3.23. The molecule has 1 aliphatic heterocycles. The molecule has 0 spiro atoms. The largest absolute Gasteiger partial charge is 0.326 e. The second-order valence-electron chi connectivity index (χ2n) is 6.19. The van der Waals surface area contributed by atoms with Gasteiger partial charge in [-0.1, -0.05) is 37.3 Å². The lowest BCUT2D eigenvalue weighted by atomic mass is 9.97. The van der Waals surface area contributed by atoms with Crippen LogP contribution in [-0.4, -0.2) is 18.4 Å². The van der Waals surface area contributed by atoms with Crippen molar-refractivity contribution < 1.29 is 9.59 Å². The maximum Gasteiger partial charge on any atom is 0.225 e. The van der Waals surface area contributed by atoms with E-state index in [-0.39, 0.29) is 17.7 Å². The molecule has 1 heterocycles. The summed E-state index contributed by atoms with van der Waals surface area (Å²) in [5.74, 6) is 0.0324. The van der Waals surface area contributed by atoms with Gasteiger partial charge in [-0.15, -0.1) is 0 Å². The Kier molecular flexibility index (Phi) is 4.65. The fourth-order valence-corrected chi connectivity index (χ4v) is 3.23. The van der Waals surface area contributed by atoms with Crippen LogP contribution in [0.4, 0.5) is 11.4 Å². The average Bonchev–Trinajstić information content (AvgIpc) is 2.94. The van der Waals surface area contributed by atoms with Crippen molar-refractivity contribution in [3.05, 3.63) is 59.7 Å². The normalized spacial score (nSPS) is 15.9. The lowest BCUT2D eigenvalue weighted by Crippen LogP contribution is -2.28. The molecule has 1 unspecified atom stereocenters. The van der Waals surface area contributed by atoms with Gasteiger partial charge < -0.3 is 10.2 Å². The van der Waals surface area contributed by atoms with E-state index >= 15 is 0 Å². The zero-order chi connectivity index (χ0) is 17.1. The van der Waals surface area contributed by atoms with Gasteiger partial charge in [0.05, 0.1) is 0 Å². The summed E-state index contributed by atoms with van der Waals surface area (Å²) >= 11 is 0. The number of rotatable bonds is 4. The van der Waals surface area contributed by atoms with E-state index in [9.17, 15) is 9.59 Å². The molecule has 124 valence electrons. The Morgan fingerprint density at radius 2 is 1.83 bits per heavy atom. The number of hydrogen-bond acceptors (Lipinski definition) is 2. The van der Waals surface area contributed by atoms with Crippen molar-refractivity contribution in [3.8, 4) is 0 Å². The number of para-hydroxylation sites is 1. The van der Waals surface area contributed by atoms with Crippen molar-refractivity contribution in [2.75, 3.05) is 16.8 Å². The topological polar surface area (TPSA) is 49.4 Å². The molecular formula is C20H22N2O2. The van der Waals surface area contributed by atoms with Gasteiger partial charge in [0.25, 0.3) is 0 Å². The summed E-state index contributed by atoms with van der Waals surface area (Å²) in [4.78, 5) is 26.0. The van der Waals surface area contributed by atoms with E-state index in [2.05, 4.69) is 12.2 Å². The van der Waals surface area contributed by atoms with Crippen LogP contribution in [0.1, 0.15) is 37.3 Å². The Morgan fingerprint density at radius 3 is 2.50 bits per heavy atom. The summed E-state index contributed by atoms with van der Waals surface area (Å²) in [5.41, 5.74) is 4.06. The molecule has 0 fully saturated rings. The van der Waals surface area contributed by atoms with Gasteiger partial charge in [0, 0.05) is 37.2 Å².